The molecule has 162 valence electrons. The van der Waals surface area contributed by atoms with Gasteiger partial charge in [-0.1, -0.05) is 42.5 Å². The lowest BCUT2D eigenvalue weighted by Gasteiger charge is -2.29. The van der Waals surface area contributed by atoms with E-state index in [1.165, 1.54) is 0 Å². The molecule has 0 amide bonds. The Balaban J connectivity index is 2.11. The summed E-state index contributed by atoms with van der Waals surface area (Å²) in [6, 6.07) is 13.9. The summed E-state index contributed by atoms with van der Waals surface area (Å²) in [5, 5.41) is 23.0. The van der Waals surface area contributed by atoms with Gasteiger partial charge in [-0.2, -0.15) is 0 Å². The molecule has 0 unspecified atom stereocenters. The van der Waals surface area contributed by atoms with E-state index in [-0.39, 0.29) is 27.5 Å². The molecule has 0 radical (unpaired) electrons. The number of carbonyl (C=O) groups is 2. The Bertz CT molecular complexity index is 1360. The third-order valence-corrected chi connectivity index (χ3v) is 5.74. The van der Waals surface area contributed by atoms with Gasteiger partial charge in [0.1, 0.15) is 11.3 Å². The Kier molecular flexibility index (Phi) is 5.18. The van der Waals surface area contributed by atoms with E-state index in [1.807, 2.05) is 30.3 Å². The molecule has 2 aromatic carbocycles. The summed E-state index contributed by atoms with van der Waals surface area (Å²) in [6.07, 6.45) is 0. The number of fused-ring (bicyclic) bond motifs is 1. The molecule has 0 fully saturated rings. The van der Waals surface area contributed by atoms with Crippen molar-refractivity contribution >= 4 is 22.9 Å². The van der Waals surface area contributed by atoms with E-state index in [4.69, 9.17) is 4.42 Å². The van der Waals surface area contributed by atoms with E-state index in [0.717, 1.165) is 0 Å². The van der Waals surface area contributed by atoms with Gasteiger partial charge in [-0.3, -0.25) is 4.79 Å². The first-order valence-corrected chi connectivity index (χ1v) is 9.99. The number of aliphatic carboxylic acids is 2. The maximum absolute atomic E-state index is 13.2. The van der Waals surface area contributed by atoms with Crippen molar-refractivity contribution in [2.45, 2.75) is 26.7 Å². The second-order valence-corrected chi connectivity index (χ2v) is 7.72. The Morgan fingerprint density at radius 3 is 2.03 bits per heavy atom. The van der Waals surface area contributed by atoms with Crippen LogP contribution in [0, 0.1) is 6.92 Å². The van der Waals surface area contributed by atoms with Gasteiger partial charge in [-0.05, 0) is 26.8 Å². The first-order valence-electron chi connectivity index (χ1n) is 9.99. The molecule has 1 aliphatic rings. The molecule has 7 heteroatoms. The van der Waals surface area contributed by atoms with Gasteiger partial charge in [0.25, 0.3) is 0 Å². The molecule has 0 aliphatic carbocycles. The maximum Gasteiger partial charge on any atom is 0.334 e. The Labute approximate surface area is 183 Å². The van der Waals surface area contributed by atoms with E-state index in [0.29, 0.717) is 33.8 Å². The van der Waals surface area contributed by atoms with E-state index in [1.54, 1.807) is 39.0 Å². The molecular weight excluding hydrogens is 410 g/mol. The lowest BCUT2D eigenvalue weighted by molar-refractivity contribution is -0.133. The summed E-state index contributed by atoms with van der Waals surface area (Å²) in [6.45, 7) is 4.84. The van der Waals surface area contributed by atoms with Gasteiger partial charge in [0, 0.05) is 28.1 Å². The Hall–Kier alpha value is -4.13. The number of benzene rings is 2. The molecule has 0 saturated heterocycles. The molecule has 4 rings (SSSR count). The molecule has 0 spiro atoms. The molecule has 0 atom stereocenters. The van der Waals surface area contributed by atoms with Crippen LogP contribution in [-0.4, -0.2) is 22.2 Å². The highest BCUT2D eigenvalue weighted by Gasteiger charge is 2.38. The number of rotatable bonds is 4. The second-order valence-electron chi connectivity index (χ2n) is 7.72. The Morgan fingerprint density at radius 1 is 0.875 bits per heavy atom. The maximum atomic E-state index is 13.2. The normalized spacial score (nSPS) is 14.6. The van der Waals surface area contributed by atoms with Gasteiger partial charge in [-0.25, -0.2) is 9.59 Å². The zero-order valence-corrected chi connectivity index (χ0v) is 17.7. The minimum Gasteiger partial charge on any atom is -0.478 e. The van der Waals surface area contributed by atoms with Crippen LogP contribution in [0.1, 0.15) is 30.9 Å². The molecule has 0 saturated carbocycles. The summed E-state index contributed by atoms with van der Waals surface area (Å²) in [7, 11) is 0. The van der Waals surface area contributed by atoms with Crippen molar-refractivity contribution in [3.63, 3.8) is 0 Å². The van der Waals surface area contributed by atoms with Crippen molar-refractivity contribution in [2.24, 2.45) is 0 Å². The van der Waals surface area contributed by atoms with Gasteiger partial charge in [0.05, 0.1) is 22.5 Å². The van der Waals surface area contributed by atoms with Crippen molar-refractivity contribution in [1.82, 2.24) is 5.32 Å². The molecule has 1 aliphatic heterocycles. The smallest absolute Gasteiger partial charge is 0.334 e. The molecular formula is C25H21NO6. The highest BCUT2D eigenvalue weighted by molar-refractivity contribution is 6.00. The minimum atomic E-state index is -1.25. The van der Waals surface area contributed by atoms with Crippen molar-refractivity contribution in [3.8, 4) is 11.3 Å². The number of para-hydroxylation sites is 1. The van der Waals surface area contributed by atoms with Crippen LogP contribution in [0.2, 0.25) is 0 Å². The SMILES string of the molecule is CC1=C(C(=O)O)C(c2cccc3c(=O)c(C)c(-c4ccccc4)oc23)C(C(=O)O)=C(C)N1. The number of hydrogen-bond donors (Lipinski definition) is 3. The van der Waals surface area contributed by atoms with Crippen LogP contribution in [0.25, 0.3) is 22.3 Å². The average Bonchev–Trinajstić information content (AvgIpc) is 2.75. The van der Waals surface area contributed by atoms with Gasteiger partial charge < -0.3 is 19.9 Å². The predicted molar refractivity (Wildman–Crippen MR) is 119 cm³/mol. The quantitative estimate of drug-likeness (QED) is 0.567. The van der Waals surface area contributed by atoms with Gasteiger partial charge in [0.2, 0.25) is 0 Å². The lowest BCUT2D eigenvalue weighted by Crippen LogP contribution is -2.31. The van der Waals surface area contributed by atoms with Crippen LogP contribution in [0.4, 0.5) is 0 Å². The van der Waals surface area contributed by atoms with Crippen LogP contribution >= 0.6 is 0 Å². The van der Waals surface area contributed by atoms with E-state index in [2.05, 4.69) is 5.32 Å². The molecule has 1 aromatic heterocycles. The third-order valence-electron chi connectivity index (χ3n) is 5.74. The van der Waals surface area contributed by atoms with E-state index < -0.39 is 17.9 Å². The highest BCUT2D eigenvalue weighted by Crippen LogP contribution is 2.41. The average molecular weight is 431 g/mol. The first-order chi connectivity index (χ1) is 15.2. The van der Waals surface area contributed by atoms with Crippen molar-refractivity contribution in [1.29, 1.82) is 0 Å². The van der Waals surface area contributed by atoms with Crippen molar-refractivity contribution < 1.29 is 24.2 Å². The lowest BCUT2D eigenvalue weighted by atomic mass is 9.79. The molecule has 3 N–H and O–H groups in total. The predicted octanol–water partition coefficient (Wildman–Crippen LogP) is 4.17. The van der Waals surface area contributed by atoms with Gasteiger partial charge in [-0.15, -0.1) is 0 Å². The zero-order valence-electron chi connectivity index (χ0n) is 17.7. The van der Waals surface area contributed by atoms with Crippen molar-refractivity contribution in [3.05, 3.63) is 92.4 Å². The van der Waals surface area contributed by atoms with Crippen LogP contribution in [0.3, 0.4) is 0 Å². The number of hydrogen-bond acceptors (Lipinski definition) is 5. The van der Waals surface area contributed by atoms with Crippen LogP contribution in [0.15, 0.2) is 80.3 Å². The molecule has 0 bridgehead atoms. The standard InChI is InChI=1S/C25H21NO6/c1-12-21(27)17-11-7-10-16(23(17)32-22(12)15-8-5-4-6-9-15)20-18(24(28)29)13(2)26-14(3)19(20)25(30)31/h4-11,20,26H,1-3H3,(H,28,29)(H,30,31). The largest absolute Gasteiger partial charge is 0.478 e. The summed E-state index contributed by atoms with van der Waals surface area (Å²) in [5.41, 5.74) is 1.80. The topological polar surface area (TPSA) is 117 Å². The first kappa shape index (κ1) is 21.1. The zero-order chi connectivity index (χ0) is 23.2. The molecule has 7 nitrogen and oxygen atoms in total. The fourth-order valence-electron chi connectivity index (χ4n) is 4.30. The number of carboxylic acid groups (broad SMARTS) is 2. The summed E-state index contributed by atoms with van der Waals surface area (Å²) >= 11 is 0. The van der Waals surface area contributed by atoms with Gasteiger partial charge >= 0.3 is 11.9 Å². The number of carboxylic acids is 2. The van der Waals surface area contributed by atoms with Crippen LogP contribution in [0.5, 0.6) is 0 Å². The fourth-order valence-corrected chi connectivity index (χ4v) is 4.30. The number of allylic oxidation sites excluding steroid dienone is 2. The summed E-state index contributed by atoms with van der Waals surface area (Å²) < 4.78 is 6.22. The number of nitrogens with one attached hydrogen (secondary N) is 1. The highest BCUT2D eigenvalue weighted by atomic mass is 16.4. The molecule has 2 heterocycles. The van der Waals surface area contributed by atoms with Crippen molar-refractivity contribution in [2.75, 3.05) is 0 Å². The molecule has 32 heavy (non-hydrogen) atoms. The van der Waals surface area contributed by atoms with Crippen LogP contribution in [-0.2, 0) is 9.59 Å². The Morgan fingerprint density at radius 2 is 1.47 bits per heavy atom. The minimum absolute atomic E-state index is 0.106. The molecule has 3 aromatic rings. The van der Waals surface area contributed by atoms with E-state index >= 15 is 0 Å². The van der Waals surface area contributed by atoms with E-state index in [9.17, 15) is 24.6 Å². The van der Waals surface area contributed by atoms with Crippen LogP contribution < -0.4 is 10.7 Å². The fraction of sp³-hybridized carbons (Fsp3) is 0.160. The third kappa shape index (κ3) is 3.28. The number of dihydropyridines is 1. The summed E-state index contributed by atoms with van der Waals surface area (Å²) in [5.74, 6) is -3.26. The van der Waals surface area contributed by atoms with Gasteiger partial charge in [0.15, 0.2) is 5.43 Å². The monoisotopic (exact) mass is 431 g/mol. The summed E-state index contributed by atoms with van der Waals surface area (Å²) in [4.78, 5) is 37.5. The second kappa shape index (κ2) is 7.85.